The average Bonchev–Trinajstić information content (AvgIpc) is 2.75. The highest BCUT2D eigenvalue weighted by atomic mass is 16.5. The first-order valence-electron chi connectivity index (χ1n) is 5.57. The number of nitrogens with zero attached hydrogens (tertiary/aromatic N) is 2. The van der Waals surface area contributed by atoms with Crippen LogP contribution in [-0.4, -0.2) is 39.8 Å². The molecule has 1 saturated heterocycles. The first kappa shape index (κ1) is 11.8. The fourth-order valence-corrected chi connectivity index (χ4v) is 1.78. The first-order chi connectivity index (χ1) is 8.15. The van der Waals surface area contributed by atoms with Gasteiger partial charge in [-0.1, -0.05) is 0 Å². The highest BCUT2D eigenvalue weighted by Gasteiger charge is 2.30. The Kier molecular flexibility index (Phi) is 3.53. The van der Waals surface area contributed by atoms with Crippen LogP contribution in [0.5, 0.6) is 0 Å². The molecule has 1 aliphatic heterocycles. The van der Waals surface area contributed by atoms with Gasteiger partial charge >= 0.3 is 5.97 Å². The Hall–Kier alpha value is -1.69. The SMILES string of the molecule is Cc1ccnc(NCC2CCC(C(=O)O)O2)n1. The van der Waals surface area contributed by atoms with Gasteiger partial charge in [-0.25, -0.2) is 14.8 Å². The summed E-state index contributed by atoms with van der Waals surface area (Å²) in [6.45, 7) is 2.42. The first-order valence-corrected chi connectivity index (χ1v) is 5.57. The quantitative estimate of drug-likeness (QED) is 0.806. The van der Waals surface area contributed by atoms with Crippen LogP contribution in [0.4, 0.5) is 5.95 Å². The number of rotatable bonds is 4. The van der Waals surface area contributed by atoms with Crippen molar-refractivity contribution in [3.63, 3.8) is 0 Å². The van der Waals surface area contributed by atoms with E-state index in [1.54, 1.807) is 6.20 Å². The maximum absolute atomic E-state index is 10.7. The van der Waals surface area contributed by atoms with Gasteiger partial charge in [-0.05, 0) is 25.8 Å². The van der Waals surface area contributed by atoms with Crippen molar-refractivity contribution < 1.29 is 14.6 Å². The molecule has 1 aromatic rings. The zero-order valence-electron chi connectivity index (χ0n) is 9.59. The van der Waals surface area contributed by atoms with E-state index >= 15 is 0 Å². The number of aromatic nitrogens is 2. The summed E-state index contributed by atoms with van der Waals surface area (Å²) in [5.41, 5.74) is 0.887. The molecule has 6 heteroatoms. The van der Waals surface area contributed by atoms with Gasteiger partial charge in [0.15, 0.2) is 6.10 Å². The fraction of sp³-hybridized carbons (Fsp3) is 0.545. The number of ether oxygens (including phenoxy) is 1. The van der Waals surface area contributed by atoms with Crippen LogP contribution in [0.3, 0.4) is 0 Å². The van der Waals surface area contributed by atoms with Crippen LogP contribution >= 0.6 is 0 Å². The lowest BCUT2D eigenvalue weighted by molar-refractivity contribution is -0.149. The predicted octanol–water partition coefficient (Wildman–Crippen LogP) is 0.829. The van der Waals surface area contributed by atoms with E-state index in [9.17, 15) is 4.79 Å². The predicted molar refractivity (Wildman–Crippen MR) is 60.8 cm³/mol. The van der Waals surface area contributed by atoms with Gasteiger partial charge in [0.05, 0.1) is 6.10 Å². The molecule has 0 radical (unpaired) electrons. The lowest BCUT2D eigenvalue weighted by Crippen LogP contribution is -2.25. The van der Waals surface area contributed by atoms with Crippen LogP contribution in [0.1, 0.15) is 18.5 Å². The van der Waals surface area contributed by atoms with Crippen LogP contribution in [0.2, 0.25) is 0 Å². The molecule has 17 heavy (non-hydrogen) atoms. The molecule has 92 valence electrons. The summed E-state index contributed by atoms with van der Waals surface area (Å²) in [5, 5.41) is 11.8. The molecule has 2 atom stereocenters. The molecular weight excluding hydrogens is 222 g/mol. The van der Waals surface area contributed by atoms with E-state index in [1.807, 2.05) is 13.0 Å². The molecule has 1 aliphatic rings. The number of hydrogen-bond acceptors (Lipinski definition) is 5. The highest BCUT2D eigenvalue weighted by molar-refractivity contribution is 5.72. The van der Waals surface area contributed by atoms with Crippen LogP contribution in [0.15, 0.2) is 12.3 Å². The monoisotopic (exact) mass is 237 g/mol. The van der Waals surface area contributed by atoms with Crippen molar-refractivity contribution in [1.29, 1.82) is 0 Å². The van der Waals surface area contributed by atoms with Gasteiger partial charge in [0.2, 0.25) is 5.95 Å². The third-order valence-corrected chi connectivity index (χ3v) is 2.67. The Labute approximate surface area is 99.0 Å². The summed E-state index contributed by atoms with van der Waals surface area (Å²) >= 11 is 0. The lowest BCUT2D eigenvalue weighted by atomic mass is 10.2. The van der Waals surface area contributed by atoms with Crippen molar-refractivity contribution in [2.45, 2.75) is 32.0 Å². The van der Waals surface area contributed by atoms with Crippen LogP contribution in [0, 0.1) is 6.92 Å². The van der Waals surface area contributed by atoms with E-state index in [1.165, 1.54) is 0 Å². The van der Waals surface area contributed by atoms with Gasteiger partial charge in [-0.15, -0.1) is 0 Å². The van der Waals surface area contributed by atoms with Gasteiger partial charge in [0.1, 0.15) is 0 Å². The van der Waals surface area contributed by atoms with Crippen LogP contribution in [-0.2, 0) is 9.53 Å². The minimum atomic E-state index is -0.890. The van der Waals surface area contributed by atoms with Crippen molar-refractivity contribution in [2.24, 2.45) is 0 Å². The fourth-order valence-electron chi connectivity index (χ4n) is 1.78. The van der Waals surface area contributed by atoms with E-state index < -0.39 is 12.1 Å². The number of carboxylic acids is 1. The Morgan fingerprint density at radius 3 is 3.12 bits per heavy atom. The Balaban J connectivity index is 1.82. The van der Waals surface area contributed by atoms with Crippen LogP contribution in [0.25, 0.3) is 0 Å². The second-order valence-electron chi connectivity index (χ2n) is 4.06. The largest absolute Gasteiger partial charge is 0.479 e. The van der Waals surface area contributed by atoms with Crippen molar-refractivity contribution in [3.05, 3.63) is 18.0 Å². The minimum Gasteiger partial charge on any atom is -0.479 e. The molecular formula is C11H15N3O3. The zero-order valence-corrected chi connectivity index (χ0v) is 9.59. The van der Waals surface area contributed by atoms with E-state index in [4.69, 9.17) is 9.84 Å². The van der Waals surface area contributed by atoms with Crippen LogP contribution < -0.4 is 5.32 Å². The third-order valence-electron chi connectivity index (χ3n) is 2.67. The van der Waals surface area contributed by atoms with Gasteiger partial charge in [0.25, 0.3) is 0 Å². The van der Waals surface area contributed by atoms with Crippen molar-refractivity contribution in [3.8, 4) is 0 Å². The Morgan fingerprint density at radius 1 is 1.65 bits per heavy atom. The smallest absolute Gasteiger partial charge is 0.332 e. The lowest BCUT2D eigenvalue weighted by Gasteiger charge is -2.12. The zero-order chi connectivity index (χ0) is 12.3. The summed E-state index contributed by atoms with van der Waals surface area (Å²) < 4.78 is 5.36. The molecule has 0 saturated carbocycles. The summed E-state index contributed by atoms with van der Waals surface area (Å²) in [4.78, 5) is 19.0. The molecule has 2 unspecified atom stereocenters. The van der Waals surface area contributed by atoms with E-state index in [-0.39, 0.29) is 6.10 Å². The number of nitrogens with one attached hydrogen (secondary N) is 1. The highest BCUT2D eigenvalue weighted by Crippen LogP contribution is 2.19. The normalized spacial score (nSPS) is 23.6. The summed E-state index contributed by atoms with van der Waals surface area (Å²) in [5.74, 6) is -0.341. The maximum Gasteiger partial charge on any atom is 0.332 e. The summed E-state index contributed by atoms with van der Waals surface area (Å²) in [6, 6.07) is 1.82. The number of hydrogen-bond donors (Lipinski definition) is 2. The molecule has 6 nitrogen and oxygen atoms in total. The molecule has 1 fully saturated rings. The van der Waals surface area contributed by atoms with Crippen molar-refractivity contribution in [2.75, 3.05) is 11.9 Å². The van der Waals surface area contributed by atoms with E-state index in [2.05, 4.69) is 15.3 Å². The number of carbonyl (C=O) groups is 1. The van der Waals surface area contributed by atoms with E-state index in [0.29, 0.717) is 18.9 Å². The molecule has 0 aromatic carbocycles. The Bertz CT molecular complexity index is 411. The Morgan fingerprint density at radius 2 is 2.47 bits per heavy atom. The molecule has 0 amide bonds. The second-order valence-corrected chi connectivity index (χ2v) is 4.06. The molecule has 0 aliphatic carbocycles. The third kappa shape index (κ3) is 3.13. The number of carboxylic acid groups (broad SMARTS) is 1. The molecule has 0 spiro atoms. The second kappa shape index (κ2) is 5.09. The molecule has 1 aromatic heterocycles. The van der Waals surface area contributed by atoms with Gasteiger partial charge in [-0.2, -0.15) is 0 Å². The molecule has 2 N–H and O–H groups in total. The maximum atomic E-state index is 10.7. The standard InChI is InChI=1S/C11H15N3O3/c1-7-4-5-12-11(14-7)13-6-8-2-3-9(17-8)10(15)16/h4-5,8-9H,2-3,6H2,1H3,(H,15,16)(H,12,13,14). The van der Waals surface area contributed by atoms with Crippen molar-refractivity contribution in [1.82, 2.24) is 9.97 Å². The van der Waals surface area contributed by atoms with Gasteiger partial charge < -0.3 is 15.2 Å². The average molecular weight is 237 g/mol. The molecule has 2 rings (SSSR count). The van der Waals surface area contributed by atoms with Gasteiger partial charge in [-0.3, -0.25) is 0 Å². The van der Waals surface area contributed by atoms with Gasteiger partial charge in [0, 0.05) is 18.4 Å². The van der Waals surface area contributed by atoms with Crippen molar-refractivity contribution >= 4 is 11.9 Å². The number of anilines is 1. The number of aliphatic carboxylic acids is 1. The molecule has 0 bridgehead atoms. The summed E-state index contributed by atoms with van der Waals surface area (Å²) in [7, 11) is 0. The summed E-state index contributed by atoms with van der Waals surface area (Å²) in [6.07, 6.45) is 2.24. The van der Waals surface area contributed by atoms with E-state index in [0.717, 1.165) is 12.1 Å². The minimum absolute atomic E-state index is 0.0831. The number of aryl methyl sites for hydroxylation is 1. The molecule has 2 heterocycles. The topological polar surface area (TPSA) is 84.3 Å².